The first-order valence-electron chi connectivity index (χ1n) is 9.30. The maximum Gasteiger partial charge on any atom is 0.228 e. The molecule has 3 aromatic rings. The predicted octanol–water partition coefficient (Wildman–Crippen LogP) is 1.39. The van der Waals surface area contributed by atoms with Crippen molar-refractivity contribution < 1.29 is 19.7 Å². The summed E-state index contributed by atoms with van der Waals surface area (Å²) >= 11 is 0. The standard InChI is InChI=1S/C19H23N5O4/c1-2-28-15(26)11-24-12-20-17-16(13-4-3-5-14(25)10-13)21-19(22-18(17)24)23-6-8-27-9-7-23/h3-5,10,12,15,25-26H,2,6-9,11H2,1H3. The first-order valence-corrected chi connectivity index (χ1v) is 9.30. The van der Waals surface area contributed by atoms with Gasteiger partial charge in [-0.1, -0.05) is 12.1 Å². The zero-order valence-corrected chi connectivity index (χ0v) is 15.7. The van der Waals surface area contributed by atoms with Crippen molar-refractivity contribution in [3.05, 3.63) is 30.6 Å². The van der Waals surface area contributed by atoms with Gasteiger partial charge < -0.3 is 29.2 Å². The van der Waals surface area contributed by atoms with E-state index >= 15 is 0 Å². The number of hydrogen-bond acceptors (Lipinski definition) is 8. The number of aromatic nitrogens is 4. The number of aliphatic hydroxyl groups excluding tert-OH is 1. The fourth-order valence-corrected chi connectivity index (χ4v) is 3.24. The van der Waals surface area contributed by atoms with Gasteiger partial charge in [0.05, 0.1) is 26.1 Å². The molecule has 28 heavy (non-hydrogen) atoms. The summed E-state index contributed by atoms with van der Waals surface area (Å²) in [5, 5.41) is 19.9. The Morgan fingerprint density at radius 2 is 2.07 bits per heavy atom. The zero-order chi connectivity index (χ0) is 19.5. The van der Waals surface area contributed by atoms with E-state index in [2.05, 4.69) is 9.88 Å². The fourth-order valence-electron chi connectivity index (χ4n) is 3.24. The van der Waals surface area contributed by atoms with Crippen LogP contribution in [0.4, 0.5) is 5.95 Å². The number of nitrogens with zero attached hydrogens (tertiary/aromatic N) is 5. The first-order chi connectivity index (χ1) is 13.7. The number of hydrogen-bond donors (Lipinski definition) is 2. The molecule has 2 N–H and O–H groups in total. The summed E-state index contributed by atoms with van der Waals surface area (Å²) in [6.07, 6.45) is 0.671. The third-order valence-electron chi connectivity index (χ3n) is 4.58. The van der Waals surface area contributed by atoms with E-state index in [-0.39, 0.29) is 12.3 Å². The molecule has 9 heteroatoms. The number of fused-ring (bicyclic) bond motifs is 1. The Hall–Kier alpha value is -2.75. The molecule has 0 radical (unpaired) electrons. The number of phenols is 1. The topological polar surface area (TPSA) is 106 Å². The number of ether oxygens (including phenoxy) is 2. The Balaban J connectivity index is 1.82. The number of imidazole rings is 1. The summed E-state index contributed by atoms with van der Waals surface area (Å²) in [5.74, 6) is 0.727. The quantitative estimate of drug-likeness (QED) is 0.613. The molecular formula is C19H23N5O4. The Morgan fingerprint density at radius 1 is 1.25 bits per heavy atom. The Bertz CT molecular complexity index is 955. The number of benzene rings is 1. The number of aromatic hydroxyl groups is 1. The van der Waals surface area contributed by atoms with Crippen LogP contribution in [0.3, 0.4) is 0 Å². The molecule has 4 rings (SSSR count). The van der Waals surface area contributed by atoms with Crippen LogP contribution in [-0.2, 0) is 16.0 Å². The van der Waals surface area contributed by atoms with Crippen LogP contribution < -0.4 is 4.90 Å². The molecular weight excluding hydrogens is 362 g/mol. The molecule has 2 aromatic heterocycles. The Labute approximate surface area is 162 Å². The van der Waals surface area contributed by atoms with E-state index in [1.807, 2.05) is 13.0 Å². The molecule has 148 valence electrons. The predicted molar refractivity (Wildman–Crippen MR) is 103 cm³/mol. The van der Waals surface area contributed by atoms with Crippen molar-refractivity contribution in [1.82, 2.24) is 19.5 Å². The van der Waals surface area contributed by atoms with Gasteiger partial charge in [0.25, 0.3) is 0 Å². The minimum absolute atomic E-state index is 0.156. The summed E-state index contributed by atoms with van der Waals surface area (Å²) < 4.78 is 12.4. The zero-order valence-electron chi connectivity index (χ0n) is 15.7. The second kappa shape index (κ2) is 8.09. The third kappa shape index (κ3) is 3.77. The number of morpholine rings is 1. The molecule has 1 aromatic carbocycles. The van der Waals surface area contributed by atoms with E-state index in [0.29, 0.717) is 55.7 Å². The van der Waals surface area contributed by atoms with Crippen molar-refractivity contribution in [2.45, 2.75) is 19.8 Å². The van der Waals surface area contributed by atoms with Crippen LogP contribution in [0.15, 0.2) is 30.6 Å². The van der Waals surface area contributed by atoms with Gasteiger partial charge in [0.2, 0.25) is 5.95 Å². The van der Waals surface area contributed by atoms with Crippen LogP contribution in [0.2, 0.25) is 0 Å². The minimum atomic E-state index is -0.951. The van der Waals surface area contributed by atoms with E-state index in [1.54, 1.807) is 29.1 Å². The lowest BCUT2D eigenvalue weighted by Crippen LogP contribution is -2.37. The van der Waals surface area contributed by atoms with E-state index in [0.717, 1.165) is 5.56 Å². The second-order valence-corrected chi connectivity index (χ2v) is 6.50. The van der Waals surface area contributed by atoms with Crippen LogP contribution in [-0.4, -0.2) is 68.9 Å². The van der Waals surface area contributed by atoms with E-state index < -0.39 is 6.29 Å². The van der Waals surface area contributed by atoms with Crippen molar-refractivity contribution >= 4 is 17.1 Å². The minimum Gasteiger partial charge on any atom is -0.508 e. The molecule has 0 amide bonds. The average molecular weight is 385 g/mol. The molecule has 9 nitrogen and oxygen atoms in total. The van der Waals surface area contributed by atoms with E-state index in [1.165, 1.54) is 0 Å². The summed E-state index contributed by atoms with van der Waals surface area (Å²) in [4.78, 5) is 16.0. The van der Waals surface area contributed by atoms with Gasteiger partial charge >= 0.3 is 0 Å². The largest absolute Gasteiger partial charge is 0.508 e. The fraction of sp³-hybridized carbons (Fsp3) is 0.421. The van der Waals surface area contributed by atoms with Gasteiger partial charge in [0.15, 0.2) is 11.9 Å². The lowest BCUT2D eigenvalue weighted by Gasteiger charge is -2.27. The molecule has 1 aliphatic rings. The summed E-state index contributed by atoms with van der Waals surface area (Å²) in [5.41, 5.74) is 2.59. The van der Waals surface area contributed by atoms with Gasteiger partial charge in [0.1, 0.15) is 17.0 Å². The van der Waals surface area contributed by atoms with Gasteiger partial charge in [-0.05, 0) is 19.1 Å². The van der Waals surface area contributed by atoms with Gasteiger partial charge in [0, 0.05) is 25.3 Å². The lowest BCUT2D eigenvalue weighted by molar-refractivity contribution is -0.103. The summed E-state index contributed by atoms with van der Waals surface area (Å²) in [6, 6.07) is 6.91. The molecule has 1 saturated heterocycles. The smallest absolute Gasteiger partial charge is 0.228 e. The molecule has 0 saturated carbocycles. The van der Waals surface area contributed by atoms with Crippen LogP contribution in [0.1, 0.15) is 6.92 Å². The highest BCUT2D eigenvalue weighted by atomic mass is 16.6. The van der Waals surface area contributed by atoms with Crippen LogP contribution in [0.25, 0.3) is 22.4 Å². The highest BCUT2D eigenvalue weighted by Crippen LogP contribution is 2.29. The Kier molecular flexibility index (Phi) is 5.38. The van der Waals surface area contributed by atoms with E-state index in [9.17, 15) is 10.2 Å². The van der Waals surface area contributed by atoms with Crippen molar-refractivity contribution in [1.29, 1.82) is 0 Å². The maximum absolute atomic E-state index is 10.0. The highest BCUT2D eigenvalue weighted by molar-refractivity contribution is 5.88. The number of rotatable bonds is 6. The van der Waals surface area contributed by atoms with Gasteiger partial charge in [-0.3, -0.25) is 0 Å². The monoisotopic (exact) mass is 385 g/mol. The molecule has 3 heterocycles. The van der Waals surface area contributed by atoms with Gasteiger partial charge in [-0.15, -0.1) is 0 Å². The molecule has 0 spiro atoms. The lowest BCUT2D eigenvalue weighted by atomic mass is 10.1. The Morgan fingerprint density at radius 3 is 2.82 bits per heavy atom. The van der Waals surface area contributed by atoms with Crippen LogP contribution in [0.5, 0.6) is 5.75 Å². The highest BCUT2D eigenvalue weighted by Gasteiger charge is 2.21. The normalized spacial score (nSPS) is 15.9. The van der Waals surface area contributed by atoms with Crippen molar-refractivity contribution in [2.75, 3.05) is 37.8 Å². The summed E-state index contributed by atoms with van der Waals surface area (Å²) in [6.45, 7) is 5.07. The SMILES string of the molecule is CCOC(O)Cn1cnc2c(-c3cccc(O)c3)nc(N3CCOCC3)nc21. The molecule has 0 bridgehead atoms. The molecule has 0 aliphatic carbocycles. The number of aliphatic hydroxyl groups is 1. The molecule has 1 fully saturated rings. The van der Waals surface area contributed by atoms with Gasteiger partial charge in [-0.2, -0.15) is 4.98 Å². The molecule has 1 aliphatic heterocycles. The van der Waals surface area contributed by atoms with Crippen molar-refractivity contribution in [3.8, 4) is 17.0 Å². The van der Waals surface area contributed by atoms with Crippen LogP contribution >= 0.6 is 0 Å². The third-order valence-corrected chi connectivity index (χ3v) is 4.58. The maximum atomic E-state index is 10.0. The van der Waals surface area contributed by atoms with Gasteiger partial charge in [-0.25, -0.2) is 9.97 Å². The second-order valence-electron chi connectivity index (χ2n) is 6.50. The summed E-state index contributed by atoms with van der Waals surface area (Å²) in [7, 11) is 0. The number of phenolic OH excluding ortho intramolecular Hbond substituents is 1. The van der Waals surface area contributed by atoms with Crippen molar-refractivity contribution in [3.63, 3.8) is 0 Å². The number of anilines is 1. The first kappa shape index (κ1) is 18.6. The molecule has 1 atom stereocenters. The molecule has 1 unspecified atom stereocenters. The van der Waals surface area contributed by atoms with Crippen molar-refractivity contribution in [2.24, 2.45) is 0 Å². The van der Waals surface area contributed by atoms with Crippen LogP contribution in [0, 0.1) is 0 Å². The average Bonchev–Trinajstić information content (AvgIpc) is 3.11. The van der Waals surface area contributed by atoms with E-state index in [4.69, 9.17) is 19.4 Å².